The van der Waals surface area contributed by atoms with Crippen LogP contribution in [0.25, 0.3) is 0 Å². The van der Waals surface area contributed by atoms with Crippen molar-refractivity contribution in [2.75, 3.05) is 7.05 Å². The maximum absolute atomic E-state index is 4.49. The van der Waals surface area contributed by atoms with Gasteiger partial charge in [-0.05, 0) is 32.0 Å². The minimum Gasteiger partial charge on any atom is -0.292 e. The van der Waals surface area contributed by atoms with Crippen molar-refractivity contribution >= 4 is 0 Å². The zero-order valence-corrected chi connectivity index (χ0v) is 11.7. The third kappa shape index (κ3) is 3.58. The average molecular weight is 256 g/mol. The molecule has 0 saturated carbocycles. The molecule has 0 aliphatic rings. The highest BCUT2D eigenvalue weighted by atomic mass is 15.1. The third-order valence-corrected chi connectivity index (χ3v) is 3.38. The van der Waals surface area contributed by atoms with Gasteiger partial charge < -0.3 is 0 Å². The van der Waals surface area contributed by atoms with Crippen molar-refractivity contribution in [1.29, 1.82) is 0 Å². The maximum atomic E-state index is 4.49. The van der Waals surface area contributed by atoms with Crippen molar-refractivity contribution in [2.24, 2.45) is 0 Å². The summed E-state index contributed by atoms with van der Waals surface area (Å²) in [5.74, 6) is 0. The zero-order chi connectivity index (χ0) is 13.7. The monoisotopic (exact) mass is 256 g/mol. The van der Waals surface area contributed by atoms with E-state index >= 15 is 0 Å². The lowest BCUT2D eigenvalue weighted by Crippen LogP contribution is -2.23. The van der Waals surface area contributed by atoms with Crippen LogP contribution < -0.4 is 0 Å². The predicted molar refractivity (Wildman–Crippen MR) is 75.5 cm³/mol. The van der Waals surface area contributed by atoms with Crippen LogP contribution in [0.15, 0.2) is 36.9 Å². The molecular formula is C15H20N4. The van der Waals surface area contributed by atoms with Gasteiger partial charge in [0.05, 0.1) is 17.4 Å². The van der Waals surface area contributed by atoms with Crippen LogP contribution in [0, 0.1) is 0 Å². The summed E-state index contributed by atoms with van der Waals surface area (Å²) in [7, 11) is 2.08. The first kappa shape index (κ1) is 13.6. The summed E-state index contributed by atoms with van der Waals surface area (Å²) in [6.07, 6.45) is 8.22. The topological polar surface area (TPSA) is 41.9 Å². The molecule has 0 aliphatic carbocycles. The molecule has 4 nitrogen and oxygen atoms in total. The molecule has 0 spiro atoms. The molecule has 0 radical (unpaired) electrons. The number of nitrogens with zero attached hydrogens (tertiary/aromatic N) is 4. The van der Waals surface area contributed by atoms with E-state index in [9.17, 15) is 0 Å². The molecule has 0 fully saturated rings. The van der Waals surface area contributed by atoms with Crippen molar-refractivity contribution in [2.45, 2.75) is 32.9 Å². The normalized spacial score (nSPS) is 12.6. The second kappa shape index (κ2) is 6.38. The first-order valence-corrected chi connectivity index (χ1v) is 6.60. The average Bonchev–Trinajstić information content (AvgIpc) is 2.48. The van der Waals surface area contributed by atoms with Crippen LogP contribution in [-0.2, 0) is 13.0 Å². The van der Waals surface area contributed by atoms with E-state index in [4.69, 9.17) is 0 Å². The molecular weight excluding hydrogens is 236 g/mol. The van der Waals surface area contributed by atoms with Gasteiger partial charge in [-0.25, -0.2) is 0 Å². The maximum Gasteiger partial charge on any atom is 0.0755 e. The Morgan fingerprint density at radius 3 is 2.58 bits per heavy atom. The summed E-state index contributed by atoms with van der Waals surface area (Å²) in [6.45, 7) is 5.07. The van der Waals surface area contributed by atoms with E-state index < -0.39 is 0 Å². The zero-order valence-electron chi connectivity index (χ0n) is 11.7. The number of pyridine rings is 1. The van der Waals surface area contributed by atoms with E-state index in [1.54, 1.807) is 12.4 Å². The van der Waals surface area contributed by atoms with E-state index in [2.05, 4.69) is 52.9 Å². The van der Waals surface area contributed by atoms with Crippen molar-refractivity contribution in [1.82, 2.24) is 19.9 Å². The lowest BCUT2D eigenvalue weighted by Gasteiger charge is -2.23. The van der Waals surface area contributed by atoms with Crippen LogP contribution in [-0.4, -0.2) is 26.9 Å². The van der Waals surface area contributed by atoms with Crippen molar-refractivity contribution in [3.63, 3.8) is 0 Å². The smallest absolute Gasteiger partial charge is 0.0755 e. The van der Waals surface area contributed by atoms with Gasteiger partial charge in [-0.2, -0.15) is 0 Å². The van der Waals surface area contributed by atoms with Gasteiger partial charge in [0.15, 0.2) is 0 Å². The molecule has 1 atom stereocenters. The standard InChI is InChI=1S/C15H20N4/c1-4-13-5-6-14(18-9-13)11-19(3)12(2)15-10-16-7-8-17-15/h5-10,12H,4,11H2,1-3H3. The number of aromatic nitrogens is 3. The molecule has 2 aromatic heterocycles. The fraction of sp³-hybridized carbons (Fsp3) is 0.400. The van der Waals surface area contributed by atoms with Gasteiger partial charge in [0.1, 0.15) is 0 Å². The number of hydrogen-bond donors (Lipinski definition) is 0. The van der Waals surface area contributed by atoms with Gasteiger partial charge in [-0.15, -0.1) is 0 Å². The predicted octanol–water partition coefficient (Wildman–Crippen LogP) is 2.63. The minimum absolute atomic E-state index is 0.223. The summed E-state index contributed by atoms with van der Waals surface area (Å²) in [6, 6.07) is 4.46. The summed E-state index contributed by atoms with van der Waals surface area (Å²) in [5.41, 5.74) is 3.33. The second-order valence-corrected chi connectivity index (χ2v) is 4.73. The highest BCUT2D eigenvalue weighted by Gasteiger charge is 2.13. The molecule has 0 saturated heterocycles. The van der Waals surface area contributed by atoms with Gasteiger partial charge >= 0.3 is 0 Å². The van der Waals surface area contributed by atoms with Crippen molar-refractivity contribution in [3.8, 4) is 0 Å². The van der Waals surface area contributed by atoms with Crippen LogP contribution in [0.3, 0.4) is 0 Å². The quantitative estimate of drug-likeness (QED) is 0.824. The summed E-state index contributed by atoms with van der Waals surface area (Å²) in [5, 5.41) is 0. The van der Waals surface area contributed by atoms with E-state index in [1.807, 2.05) is 12.4 Å². The molecule has 0 N–H and O–H groups in total. The largest absolute Gasteiger partial charge is 0.292 e. The van der Waals surface area contributed by atoms with E-state index in [0.717, 1.165) is 24.4 Å². The Bertz CT molecular complexity index is 495. The fourth-order valence-corrected chi connectivity index (χ4v) is 1.90. The van der Waals surface area contributed by atoms with Crippen LogP contribution in [0.5, 0.6) is 0 Å². The molecule has 2 aromatic rings. The Morgan fingerprint density at radius 1 is 1.16 bits per heavy atom. The highest BCUT2D eigenvalue weighted by Crippen LogP contribution is 2.17. The molecule has 1 unspecified atom stereocenters. The molecule has 2 rings (SSSR count). The first-order chi connectivity index (χ1) is 9.20. The van der Waals surface area contributed by atoms with E-state index in [0.29, 0.717) is 0 Å². The van der Waals surface area contributed by atoms with Crippen LogP contribution in [0.4, 0.5) is 0 Å². The Kier molecular flexibility index (Phi) is 4.58. The van der Waals surface area contributed by atoms with E-state index in [-0.39, 0.29) is 6.04 Å². The van der Waals surface area contributed by atoms with Gasteiger partial charge in [-0.1, -0.05) is 13.0 Å². The van der Waals surface area contributed by atoms with E-state index in [1.165, 1.54) is 5.56 Å². The molecule has 4 heteroatoms. The van der Waals surface area contributed by atoms with Crippen molar-refractivity contribution in [3.05, 3.63) is 53.9 Å². The first-order valence-electron chi connectivity index (χ1n) is 6.60. The number of rotatable bonds is 5. The Labute approximate surface area is 114 Å². The SMILES string of the molecule is CCc1ccc(CN(C)C(C)c2cnccn2)nc1. The lowest BCUT2D eigenvalue weighted by molar-refractivity contribution is 0.245. The summed E-state index contributed by atoms with van der Waals surface area (Å²) < 4.78 is 0. The lowest BCUT2D eigenvalue weighted by atomic mass is 10.2. The molecule has 0 bridgehead atoms. The van der Waals surface area contributed by atoms with Crippen molar-refractivity contribution < 1.29 is 0 Å². The third-order valence-electron chi connectivity index (χ3n) is 3.38. The summed E-state index contributed by atoms with van der Waals surface area (Å²) in [4.78, 5) is 15.2. The molecule has 0 aromatic carbocycles. The molecule has 19 heavy (non-hydrogen) atoms. The minimum atomic E-state index is 0.223. The summed E-state index contributed by atoms with van der Waals surface area (Å²) >= 11 is 0. The van der Waals surface area contributed by atoms with Crippen LogP contribution in [0.1, 0.15) is 36.8 Å². The molecule has 100 valence electrons. The Hall–Kier alpha value is -1.81. The van der Waals surface area contributed by atoms with Crippen LogP contribution >= 0.6 is 0 Å². The van der Waals surface area contributed by atoms with Gasteiger partial charge in [0.2, 0.25) is 0 Å². The Morgan fingerprint density at radius 2 is 2.00 bits per heavy atom. The molecule has 2 heterocycles. The molecule has 0 aliphatic heterocycles. The Balaban J connectivity index is 2.01. The second-order valence-electron chi connectivity index (χ2n) is 4.73. The van der Waals surface area contributed by atoms with Gasteiger partial charge in [0, 0.05) is 31.3 Å². The van der Waals surface area contributed by atoms with Gasteiger partial charge in [-0.3, -0.25) is 19.9 Å². The number of aryl methyl sites for hydroxylation is 1. The number of hydrogen-bond acceptors (Lipinski definition) is 4. The van der Waals surface area contributed by atoms with Gasteiger partial charge in [0.25, 0.3) is 0 Å². The highest BCUT2D eigenvalue weighted by molar-refractivity contribution is 5.14. The molecule has 0 amide bonds. The van der Waals surface area contributed by atoms with Crippen LogP contribution in [0.2, 0.25) is 0 Å². The fourth-order valence-electron chi connectivity index (χ4n) is 1.90.